The van der Waals surface area contributed by atoms with Gasteiger partial charge in [-0.2, -0.15) is 13.2 Å². The van der Waals surface area contributed by atoms with E-state index in [4.69, 9.17) is 14.2 Å². The minimum atomic E-state index is -4.51. The molecule has 0 aromatic carbocycles. The van der Waals surface area contributed by atoms with Crippen LogP contribution < -0.4 is 0 Å². The van der Waals surface area contributed by atoms with Gasteiger partial charge in [0.2, 0.25) is 12.0 Å². The predicted molar refractivity (Wildman–Crippen MR) is 79.7 cm³/mol. The number of fused-ring (bicyclic) bond motifs is 1. The molecule has 3 heterocycles. The van der Waals surface area contributed by atoms with Crippen LogP contribution in [-0.2, 0) is 14.2 Å². The van der Waals surface area contributed by atoms with Gasteiger partial charge in [0.1, 0.15) is 5.60 Å². The Morgan fingerprint density at radius 3 is 2.65 bits per heavy atom. The highest BCUT2D eigenvalue weighted by Crippen LogP contribution is 2.64. The van der Waals surface area contributed by atoms with E-state index in [9.17, 15) is 13.2 Å². The Hall–Kier alpha value is -0.270. The minimum Gasteiger partial charge on any atom is -0.456 e. The van der Waals surface area contributed by atoms with Crippen LogP contribution in [0.4, 0.5) is 13.2 Å². The fraction of sp³-hybridized carbons (Fsp3) is 0.875. The molecular weight excluding hydrogens is 377 g/mol. The van der Waals surface area contributed by atoms with E-state index >= 15 is 0 Å². The van der Waals surface area contributed by atoms with Crippen LogP contribution in [0.5, 0.6) is 0 Å². The van der Waals surface area contributed by atoms with Crippen molar-refractivity contribution >= 4 is 15.9 Å². The maximum Gasteiger partial charge on any atom is 0.449 e. The van der Waals surface area contributed by atoms with Gasteiger partial charge in [-0.05, 0) is 43.6 Å². The Morgan fingerprint density at radius 2 is 2.00 bits per heavy atom. The van der Waals surface area contributed by atoms with Crippen molar-refractivity contribution < 1.29 is 27.4 Å². The third-order valence-electron chi connectivity index (χ3n) is 6.09. The Bertz CT molecular complexity index is 563. The van der Waals surface area contributed by atoms with E-state index in [1.165, 1.54) is 0 Å². The molecule has 0 radical (unpaired) electrons. The number of hydrogen-bond acceptors (Lipinski definition) is 3. The maximum atomic E-state index is 13.5. The molecule has 1 unspecified atom stereocenters. The second kappa shape index (κ2) is 4.88. The third kappa shape index (κ3) is 2.08. The summed E-state index contributed by atoms with van der Waals surface area (Å²) in [4.78, 5) is 0. The van der Waals surface area contributed by atoms with Crippen molar-refractivity contribution in [2.75, 3.05) is 5.33 Å². The van der Waals surface area contributed by atoms with Crippen LogP contribution in [0.3, 0.4) is 0 Å². The molecule has 3 aliphatic heterocycles. The van der Waals surface area contributed by atoms with Gasteiger partial charge in [0.25, 0.3) is 0 Å². The molecule has 130 valence electrons. The molecule has 2 bridgehead atoms. The van der Waals surface area contributed by atoms with Crippen molar-refractivity contribution in [1.29, 1.82) is 0 Å². The zero-order valence-corrected chi connectivity index (χ0v) is 14.7. The molecule has 3 fully saturated rings. The van der Waals surface area contributed by atoms with E-state index in [0.29, 0.717) is 18.8 Å². The fourth-order valence-electron chi connectivity index (χ4n) is 5.15. The topological polar surface area (TPSA) is 27.7 Å². The molecule has 0 aromatic heterocycles. The van der Waals surface area contributed by atoms with Crippen LogP contribution in [0.2, 0.25) is 0 Å². The summed E-state index contributed by atoms with van der Waals surface area (Å²) in [6.45, 7) is 3.98. The number of alkyl halides is 4. The molecule has 2 saturated heterocycles. The quantitative estimate of drug-likeness (QED) is 0.610. The highest BCUT2D eigenvalue weighted by molar-refractivity contribution is 9.09. The molecule has 1 spiro atoms. The smallest absolute Gasteiger partial charge is 0.449 e. The van der Waals surface area contributed by atoms with Crippen molar-refractivity contribution in [3.8, 4) is 0 Å². The predicted octanol–water partition coefficient (Wildman–Crippen LogP) is 4.51. The molecule has 6 atom stereocenters. The van der Waals surface area contributed by atoms with E-state index in [0.717, 1.165) is 12.8 Å². The van der Waals surface area contributed by atoms with E-state index in [1.54, 1.807) is 0 Å². The molecular formula is C16H20BrF3O3. The maximum absolute atomic E-state index is 13.5. The standard InChI is InChI=1S/C16H20BrF3O3/c1-8-3-4-11-9(7-17)12(16(18,19)20)21-13-15(11)10(8)5-6-14(2,22-13)23-15/h8,10-11,13H,3-7H2,1-2H3/t8-,10?,11+,13-,14-,15-/m1/s1. The monoisotopic (exact) mass is 396 g/mol. The van der Waals surface area contributed by atoms with Gasteiger partial charge in [0.05, 0.1) is 0 Å². The van der Waals surface area contributed by atoms with Gasteiger partial charge in [-0.1, -0.05) is 22.9 Å². The molecule has 1 aliphatic carbocycles. The number of allylic oxidation sites excluding steroid dienone is 1. The van der Waals surface area contributed by atoms with E-state index in [1.807, 2.05) is 6.92 Å². The Morgan fingerprint density at radius 1 is 1.26 bits per heavy atom. The molecule has 1 saturated carbocycles. The Kier molecular flexibility index (Phi) is 3.44. The first kappa shape index (κ1) is 16.2. The largest absolute Gasteiger partial charge is 0.456 e. The lowest BCUT2D eigenvalue weighted by atomic mass is 9.58. The van der Waals surface area contributed by atoms with Gasteiger partial charge in [0.15, 0.2) is 5.79 Å². The van der Waals surface area contributed by atoms with Crippen LogP contribution in [-0.4, -0.2) is 29.2 Å². The van der Waals surface area contributed by atoms with E-state index < -0.39 is 29.6 Å². The van der Waals surface area contributed by atoms with Gasteiger partial charge in [-0.3, -0.25) is 0 Å². The molecule has 23 heavy (non-hydrogen) atoms. The lowest BCUT2D eigenvalue weighted by Crippen LogP contribution is -2.62. The van der Waals surface area contributed by atoms with Gasteiger partial charge >= 0.3 is 6.18 Å². The lowest BCUT2D eigenvalue weighted by molar-refractivity contribution is -0.248. The first-order chi connectivity index (χ1) is 10.7. The molecule has 0 N–H and O–H groups in total. The minimum absolute atomic E-state index is 0.141. The van der Waals surface area contributed by atoms with Crippen LogP contribution in [0.15, 0.2) is 11.3 Å². The van der Waals surface area contributed by atoms with Gasteiger partial charge < -0.3 is 14.2 Å². The second-order valence-electron chi connectivity index (χ2n) is 7.40. The zero-order valence-electron chi connectivity index (χ0n) is 13.1. The Balaban J connectivity index is 1.87. The summed E-state index contributed by atoms with van der Waals surface area (Å²) in [6.07, 6.45) is -2.29. The van der Waals surface area contributed by atoms with Crippen LogP contribution in [0, 0.1) is 17.8 Å². The number of halogens is 4. The lowest BCUT2D eigenvalue weighted by Gasteiger charge is -2.55. The van der Waals surface area contributed by atoms with Crippen molar-refractivity contribution in [1.82, 2.24) is 0 Å². The molecule has 0 aromatic rings. The molecule has 7 heteroatoms. The van der Waals surface area contributed by atoms with Crippen LogP contribution in [0.1, 0.15) is 39.5 Å². The van der Waals surface area contributed by atoms with E-state index in [2.05, 4.69) is 22.9 Å². The molecule has 4 rings (SSSR count). The third-order valence-corrected chi connectivity index (χ3v) is 6.69. The van der Waals surface area contributed by atoms with Gasteiger partial charge in [-0.15, -0.1) is 0 Å². The Labute approximate surface area is 141 Å². The SMILES string of the molecule is C[C@@H]1CC[C@H]2C(CBr)=C(C(F)(F)F)O[C@@H]3O[C@@]4(C)CCC1[C@]32O4. The summed E-state index contributed by atoms with van der Waals surface area (Å²) in [6, 6.07) is 0. The van der Waals surface area contributed by atoms with Gasteiger partial charge in [0, 0.05) is 17.7 Å². The molecule has 3 nitrogen and oxygen atoms in total. The molecule has 0 amide bonds. The van der Waals surface area contributed by atoms with Crippen LogP contribution in [0.25, 0.3) is 0 Å². The first-order valence-electron chi connectivity index (χ1n) is 8.12. The second-order valence-corrected chi connectivity index (χ2v) is 7.96. The van der Waals surface area contributed by atoms with Crippen LogP contribution >= 0.6 is 15.9 Å². The summed E-state index contributed by atoms with van der Waals surface area (Å²) in [5.74, 6) is -1.46. The number of hydrogen-bond donors (Lipinski definition) is 0. The summed E-state index contributed by atoms with van der Waals surface area (Å²) in [5, 5.41) is 0.141. The van der Waals surface area contributed by atoms with Gasteiger partial charge in [-0.25, -0.2) is 0 Å². The highest BCUT2D eigenvalue weighted by atomic mass is 79.9. The van der Waals surface area contributed by atoms with E-state index in [-0.39, 0.29) is 22.7 Å². The summed E-state index contributed by atoms with van der Waals surface area (Å²) >= 11 is 3.25. The number of rotatable bonds is 1. The van der Waals surface area contributed by atoms with Crippen molar-refractivity contribution in [3.63, 3.8) is 0 Å². The fourth-order valence-corrected chi connectivity index (χ4v) is 5.80. The summed E-state index contributed by atoms with van der Waals surface area (Å²) in [7, 11) is 0. The van der Waals surface area contributed by atoms with Crippen molar-refractivity contribution in [2.45, 2.75) is 63.4 Å². The number of ether oxygens (including phenoxy) is 3. The normalized spacial score (nSPS) is 49.0. The summed E-state index contributed by atoms with van der Waals surface area (Å²) in [5.41, 5.74) is -0.497. The highest BCUT2D eigenvalue weighted by Gasteiger charge is 2.72. The first-order valence-corrected chi connectivity index (χ1v) is 9.24. The van der Waals surface area contributed by atoms with Crippen molar-refractivity contribution in [2.24, 2.45) is 17.8 Å². The van der Waals surface area contributed by atoms with Crippen molar-refractivity contribution in [3.05, 3.63) is 11.3 Å². The summed E-state index contributed by atoms with van der Waals surface area (Å²) < 4.78 is 58.0. The average molecular weight is 397 g/mol. The molecule has 4 aliphatic rings. The average Bonchev–Trinajstić information content (AvgIpc) is 2.68. The zero-order chi connectivity index (χ0) is 16.6.